The Labute approximate surface area is 90.9 Å². The van der Waals surface area contributed by atoms with Crippen LogP contribution in [0.3, 0.4) is 0 Å². The molecule has 0 aliphatic heterocycles. The van der Waals surface area contributed by atoms with E-state index in [1.807, 2.05) is 18.0 Å². The number of nitrogens with two attached hydrogens (primary N) is 1. The van der Waals surface area contributed by atoms with Crippen LogP contribution in [0.1, 0.15) is 16.7 Å². The molecule has 0 aliphatic carbocycles. The molecule has 3 nitrogen and oxygen atoms in total. The Hall–Kier alpha value is -1.51. The first-order valence-electron chi connectivity index (χ1n) is 4.99. The highest BCUT2D eigenvalue weighted by Gasteiger charge is 2.09. The molecule has 0 saturated carbocycles. The predicted molar refractivity (Wildman–Crippen MR) is 63.1 cm³/mol. The van der Waals surface area contributed by atoms with Gasteiger partial charge in [0.15, 0.2) is 0 Å². The van der Waals surface area contributed by atoms with E-state index >= 15 is 0 Å². The molecule has 1 amide bonds. The van der Waals surface area contributed by atoms with Gasteiger partial charge in [-0.1, -0.05) is 6.07 Å². The van der Waals surface area contributed by atoms with Crippen molar-refractivity contribution in [2.24, 2.45) is 5.73 Å². The van der Waals surface area contributed by atoms with Gasteiger partial charge in [-0.25, -0.2) is 0 Å². The fourth-order valence-corrected chi connectivity index (χ4v) is 1.67. The van der Waals surface area contributed by atoms with Crippen LogP contribution in [0.25, 0.3) is 0 Å². The lowest BCUT2D eigenvalue weighted by atomic mass is 10.0. The molecule has 15 heavy (non-hydrogen) atoms. The van der Waals surface area contributed by atoms with Crippen molar-refractivity contribution in [3.05, 3.63) is 28.8 Å². The molecule has 0 bridgehead atoms. The maximum absolute atomic E-state index is 10.8. The molecule has 0 fully saturated rings. The Morgan fingerprint density at radius 2 is 1.87 bits per heavy atom. The van der Waals surface area contributed by atoms with E-state index in [0.29, 0.717) is 0 Å². The van der Waals surface area contributed by atoms with Crippen molar-refractivity contribution in [1.29, 1.82) is 0 Å². The molecule has 1 aromatic rings. The molecular weight excluding hydrogens is 188 g/mol. The number of nitrogens with zero attached hydrogens (tertiary/aromatic N) is 1. The smallest absolute Gasteiger partial charge is 0.236 e. The largest absolute Gasteiger partial charge is 0.368 e. The van der Waals surface area contributed by atoms with Crippen LogP contribution in [0, 0.1) is 20.8 Å². The van der Waals surface area contributed by atoms with Gasteiger partial charge in [-0.2, -0.15) is 0 Å². The van der Waals surface area contributed by atoms with Crippen LogP contribution in [0.4, 0.5) is 5.69 Å². The summed E-state index contributed by atoms with van der Waals surface area (Å²) in [4.78, 5) is 12.7. The molecule has 3 heteroatoms. The molecule has 2 N–H and O–H groups in total. The quantitative estimate of drug-likeness (QED) is 0.815. The van der Waals surface area contributed by atoms with Crippen LogP contribution in [0.2, 0.25) is 0 Å². The Kier molecular flexibility index (Phi) is 3.35. The van der Waals surface area contributed by atoms with Gasteiger partial charge in [0, 0.05) is 12.7 Å². The average molecular weight is 206 g/mol. The van der Waals surface area contributed by atoms with E-state index in [9.17, 15) is 4.79 Å². The number of hydrogen-bond donors (Lipinski definition) is 1. The van der Waals surface area contributed by atoms with Gasteiger partial charge in [0.05, 0.1) is 6.54 Å². The number of benzene rings is 1. The third kappa shape index (κ3) is 2.49. The van der Waals surface area contributed by atoms with E-state index in [-0.39, 0.29) is 12.5 Å². The van der Waals surface area contributed by atoms with Gasteiger partial charge in [-0.15, -0.1) is 0 Å². The van der Waals surface area contributed by atoms with E-state index in [4.69, 9.17) is 5.73 Å². The van der Waals surface area contributed by atoms with Crippen molar-refractivity contribution < 1.29 is 4.79 Å². The van der Waals surface area contributed by atoms with Crippen LogP contribution in [0.5, 0.6) is 0 Å². The predicted octanol–water partition coefficient (Wildman–Crippen LogP) is 1.53. The number of rotatable bonds is 3. The first-order valence-corrected chi connectivity index (χ1v) is 4.99. The first-order chi connectivity index (χ1) is 6.93. The highest BCUT2D eigenvalue weighted by Crippen LogP contribution is 2.24. The zero-order chi connectivity index (χ0) is 11.6. The standard InChI is InChI=1S/C12H18N2O/c1-8-5-6-11(10(3)9(8)2)14(4)7-12(13)15/h5-6H,7H2,1-4H3,(H2,13,15). The first kappa shape index (κ1) is 11.6. The lowest BCUT2D eigenvalue weighted by Gasteiger charge is -2.21. The number of likely N-dealkylation sites (N-methyl/N-ethyl adjacent to an activating group) is 1. The normalized spacial score (nSPS) is 10.1. The van der Waals surface area contributed by atoms with Crippen LogP contribution in [-0.4, -0.2) is 19.5 Å². The van der Waals surface area contributed by atoms with E-state index in [1.165, 1.54) is 16.7 Å². The lowest BCUT2D eigenvalue weighted by molar-refractivity contribution is -0.116. The minimum Gasteiger partial charge on any atom is -0.368 e. The molecule has 0 spiro atoms. The number of hydrogen-bond acceptors (Lipinski definition) is 2. The Morgan fingerprint density at radius 3 is 2.40 bits per heavy atom. The van der Waals surface area contributed by atoms with Crippen molar-refractivity contribution in [3.8, 4) is 0 Å². The number of amides is 1. The molecule has 0 saturated heterocycles. The topological polar surface area (TPSA) is 46.3 Å². The van der Waals surface area contributed by atoms with Crippen molar-refractivity contribution in [1.82, 2.24) is 0 Å². The average Bonchev–Trinajstić information content (AvgIpc) is 2.13. The fraction of sp³-hybridized carbons (Fsp3) is 0.417. The zero-order valence-electron chi connectivity index (χ0n) is 9.79. The zero-order valence-corrected chi connectivity index (χ0v) is 9.79. The molecule has 0 aromatic heterocycles. The monoisotopic (exact) mass is 206 g/mol. The van der Waals surface area contributed by atoms with Crippen molar-refractivity contribution in [2.75, 3.05) is 18.5 Å². The Morgan fingerprint density at radius 1 is 1.27 bits per heavy atom. The van der Waals surface area contributed by atoms with Crippen LogP contribution in [0.15, 0.2) is 12.1 Å². The third-order valence-corrected chi connectivity index (χ3v) is 2.83. The number of primary amides is 1. The number of carbonyl (C=O) groups is 1. The fourth-order valence-electron chi connectivity index (χ4n) is 1.67. The van der Waals surface area contributed by atoms with Gasteiger partial charge in [0.25, 0.3) is 0 Å². The molecule has 0 heterocycles. The van der Waals surface area contributed by atoms with Crippen molar-refractivity contribution >= 4 is 11.6 Å². The van der Waals surface area contributed by atoms with Crippen LogP contribution >= 0.6 is 0 Å². The molecule has 82 valence electrons. The summed E-state index contributed by atoms with van der Waals surface area (Å²) in [7, 11) is 1.88. The van der Waals surface area contributed by atoms with Crippen LogP contribution < -0.4 is 10.6 Å². The summed E-state index contributed by atoms with van der Waals surface area (Å²) in [6.45, 7) is 6.49. The van der Waals surface area contributed by atoms with E-state index < -0.39 is 0 Å². The maximum atomic E-state index is 10.8. The van der Waals surface area contributed by atoms with Gasteiger partial charge >= 0.3 is 0 Å². The Balaban J connectivity index is 3.05. The molecule has 1 aromatic carbocycles. The Bertz CT molecular complexity index is 385. The minimum absolute atomic E-state index is 0.253. The summed E-state index contributed by atoms with van der Waals surface area (Å²) >= 11 is 0. The second-order valence-electron chi connectivity index (χ2n) is 3.97. The summed E-state index contributed by atoms with van der Waals surface area (Å²) in [5, 5.41) is 0. The second-order valence-corrected chi connectivity index (χ2v) is 3.97. The summed E-state index contributed by atoms with van der Waals surface area (Å²) < 4.78 is 0. The van der Waals surface area contributed by atoms with Gasteiger partial charge in [0.2, 0.25) is 5.91 Å². The molecule has 1 rings (SSSR count). The highest BCUT2D eigenvalue weighted by molar-refractivity contribution is 5.79. The molecular formula is C12H18N2O. The summed E-state index contributed by atoms with van der Waals surface area (Å²) in [6, 6.07) is 4.09. The van der Waals surface area contributed by atoms with E-state index in [1.54, 1.807) is 0 Å². The molecule has 0 unspecified atom stereocenters. The van der Waals surface area contributed by atoms with Gasteiger partial charge < -0.3 is 10.6 Å². The molecule has 0 aliphatic rings. The minimum atomic E-state index is -0.310. The third-order valence-electron chi connectivity index (χ3n) is 2.83. The van der Waals surface area contributed by atoms with Crippen molar-refractivity contribution in [2.45, 2.75) is 20.8 Å². The van der Waals surface area contributed by atoms with E-state index in [0.717, 1.165) is 5.69 Å². The lowest BCUT2D eigenvalue weighted by Crippen LogP contribution is -2.31. The number of aryl methyl sites for hydroxylation is 1. The summed E-state index contributed by atoms with van der Waals surface area (Å²) in [5.74, 6) is -0.310. The van der Waals surface area contributed by atoms with Gasteiger partial charge in [-0.05, 0) is 43.5 Å². The SMILES string of the molecule is Cc1ccc(N(C)CC(N)=O)c(C)c1C. The van der Waals surface area contributed by atoms with Gasteiger partial charge in [-0.3, -0.25) is 4.79 Å². The highest BCUT2D eigenvalue weighted by atomic mass is 16.1. The summed E-state index contributed by atoms with van der Waals surface area (Å²) in [5.41, 5.74) is 9.98. The summed E-state index contributed by atoms with van der Waals surface area (Å²) in [6.07, 6.45) is 0. The molecule has 0 atom stereocenters. The molecule has 0 radical (unpaired) electrons. The maximum Gasteiger partial charge on any atom is 0.236 e. The number of carbonyl (C=O) groups excluding carboxylic acids is 1. The number of anilines is 1. The second kappa shape index (κ2) is 4.34. The van der Waals surface area contributed by atoms with Crippen LogP contribution in [-0.2, 0) is 4.79 Å². The van der Waals surface area contributed by atoms with Gasteiger partial charge in [0.1, 0.15) is 0 Å². The van der Waals surface area contributed by atoms with Crippen molar-refractivity contribution in [3.63, 3.8) is 0 Å². The van der Waals surface area contributed by atoms with E-state index in [2.05, 4.69) is 26.8 Å².